The van der Waals surface area contributed by atoms with Gasteiger partial charge in [-0.3, -0.25) is 9.36 Å². The highest BCUT2D eigenvalue weighted by Gasteiger charge is 2.26. The van der Waals surface area contributed by atoms with Gasteiger partial charge in [-0.2, -0.15) is 0 Å². The molecule has 2 aliphatic rings. The minimum absolute atomic E-state index is 0.150. The summed E-state index contributed by atoms with van der Waals surface area (Å²) in [5.41, 5.74) is 5.04. The van der Waals surface area contributed by atoms with Gasteiger partial charge in [0.25, 0.3) is 5.56 Å². The molecule has 0 spiro atoms. The van der Waals surface area contributed by atoms with Gasteiger partial charge in [-0.05, 0) is 44.0 Å². The van der Waals surface area contributed by atoms with Gasteiger partial charge >= 0.3 is 0 Å². The van der Waals surface area contributed by atoms with Crippen molar-refractivity contribution in [3.63, 3.8) is 0 Å². The van der Waals surface area contributed by atoms with E-state index in [1.165, 1.54) is 27.0 Å². The van der Waals surface area contributed by atoms with E-state index in [1.807, 2.05) is 10.8 Å². The molecule has 0 amide bonds. The van der Waals surface area contributed by atoms with Gasteiger partial charge < -0.3 is 14.2 Å². The Morgan fingerprint density at radius 1 is 1.27 bits per heavy atom. The summed E-state index contributed by atoms with van der Waals surface area (Å²) in [5, 5.41) is 2.15. The number of hydrogen-bond acceptors (Lipinski definition) is 5. The van der Waals surface area contributed by atoms with E-state index in [1.54, 1.807) is 22.6 Å². The van der Waals surface area contributed by atoms with Crippen LogP contribution in [-0.4, -0.2) is 47.7 Å². The fourth-order valence-electron chi connectivity index (χ4n) is 5.65. The number of rotatable bonds is 4. The van der Waals surface area contributed by atoms with Crippen molar-refractivity contribution in [3.05, 3.63) is 62.7 Å². The van der Waals surface area contributed by atoms with Crippen LogP contribution in [0.15, 0.2) is 40.0 Å². The third kappa shape index (κ3) is 3.82. The highest BCUT2D eigenvalue weighted by atomic mass is 32.1. The molecular weight excluding hydrogens is 432 g/mol. The smallest absolute Gasteiger partial charge is 0.262 e. The van der Waals surface area contributed by atoms with E-state index in [9.17, 15) is 4.79 Å². The number of likely N-dealkylation sites (tertiary alicyclic amines) is 1. The summed E-state index contributed by atoms with van der Waals surface area (Å²) in [6, 6.07) is 6.45. The number of fused-ring (bicyclic) bond motifs is 4. The van der Waals surface area contributed by atoms with E-state index in [4.69, 9.17) is 4.42 Å². The molecule has 0 atom stereocenters. The van der Waals surface area contributed by atoms with Crippen molar-refractivity contribution in [1.29, 1.82) is 0 Å². The standard InChI is InChI=1S/C26H30N4O2S/c1-17-3-4-22-20(13-17)21(15-32-22)18-5-9-29(10-6-18)11-12-30-16-27-25-24(26(30)31)19-7-8-28(2)14-23(19)33-25/h3-4,13,15-16,18H,5-12,14H2,1-2H3/p+1. The van der Waals surface area contributed by atoms with Crippen LogP contribution >= 0.6 is 11.3 Å². The molecule has 1 aromatic carbocycles. The second-order valence-electron chi connectivity index (χ2n) is 9.88. The van der Waals surface area contributed by atoms with Crippen LogP contribution in [0.1, 0.15) is 40.3 Å². The van der Waals surface area contributed by atoms with Crippen LogP contribution in [-0.2, 0) is 19.5 Å². The van der Waals surface area contributed by atoms with Gasteiger partial charge in [0.05, 0.1) is 44.2 Å². The molecule has 0 bridgehead atoms. The van der Waals surface area contributed by atoms with Crippen LogP contribution in [0.5, 0.6) is 0 Å². The molecule has 2 aliphatic heterocycles. The van der Waals surface area contributed by atoms with E-state index < -0.39 is 0 Å². The number of aryl methyl sites for hydroxylation is 1. The molecule has 5 heterocycles. The van der Waals surface area contributed by atoms with Crippen molar-refractivity contribution in [2.45, 2.75) is 45.2 Å². The second kappa shape index (κ2) is 8.38. The summed E-state index contributed by atoms with van der Waals surface area (Å²) in [6.45, 7) is 8.06. The Bertz CT molecular complexity index is 1380. The molecule has 6 rings (SSSR count). The molecule has 1 saturated heterocycles. The first-order valence-electron chi connectivity index (χ1n) is 12.1. The summed E-state index contributed by atoms with van der Waals surface area (Å²) < 4.78 is 7.67. The van der Waals surface area contributed by atoms with E-state index in [2.05, 4.69) is 42.1 Å². The zero-order valence-corrected chi connectivity index (χ0v) is 20.2. The maximum atomic E-state index is 13.3. The molecule has 3 aromatic heterocycles. The average Bonchev–Trinajstić information content (AvgIpc) is 3.40. The number of nitrogens with zero attached hydrogens (tertiary/aromatic N) is 3. The van der Waals surface area contributed by atoms with Gasteiger partial charge in [0, 0.05) is 41.8 Å². The maximum absolute atomic E-state index is 13.3. The van der Waals surface area contributed by atoms with Gasteiger partial charge in [0.2, 0.25) is 0 Å². The van der Waals surface area contributed by atoms with Crippen LogP contribution in [0, 0.1) is 6.92 Å². The van der Waals surface area contributed by atoms with Crippen molar-refractivity contribution in [3.8, 4) is 0 Å². The van der Waals surface area contributed by atoms with Crippen LogP contribution in [0.3, 0.4) is 0 Å². The Morgan fingerprint density at radius 2 is 2.12 bits per heavy atom. The average molecular weight is 464 g/mol. The van der Waals surface area contributed by atoms with E-state index in [0.717, 1.165) is 74.3 Å². The van der Waals surface area contributed by atoms with Crippen LogP contribution in [0.25, 0.3) is 21.2 Å². The number of hydrogen-bond donors (Lipinski definition) is 1. The molecular formula is C26H31N4O2S+. The van der Waals surface area contributed by atoms with Gasteiger partial charge in [0.1, 0.15) is 10.4 Å². The minimum Gasteiger partial charge on any atom is -0.464 e. The van der Waals surface area contributed by atoms with E-state index >= 15 is 0 Å². The predicted octanol–water partition coefficient (Wildman–Crippen LogP) is 2.96. The first-order valence-corrected chi connectivity index (χ1v) is 12.9. The number of likely N-dealkylation sites (N-methyl/N-ethyl adjacent to an activating group) is 1. The van der Waals surface area contributed by atoms with Crippen molar-refractivity contribution in [1.82, 2.24) is 14.5 Å². The molecule has 6 nitrogen and oxygen atoms in total. The number of benzene rings is 1. The van der Waals surface area contributed by atoms with Crippen molar-refractivity contribution >= 4 is 32.5 Å². The Balaban J connectivity index is 1.13. The normalized spacial score (nSPS) is 21.6. The fraction of sp³-hybridized carbons (Fsp3) is 0.462. The molecule has 33 heavy (non-hydrogen) atoms. The molecule has 0 unspecified atom stereocenters. The highest BCUT2D eigenvalue weighted by Crippen LogP contribution is 2.33. The Hall–Kier alpha value is -2.48. The fourth-order valence-corrected chi connectivity index (χ4v) is 6.91. The lowest BCUT2D eigenvalue weighted by atomic mass is 9.89. The lowest BCUT2D eigenvalue weighted by Crippen LogP contribution is -3.13. The third-order valence-electron chi connectivity index (χ3n) is 7.62. The lowest BCUT2D eigenvalue weighted by molar-refractivity contribution is -0.906. The summed E-state index contributed by atoms with van der Waals surface area (Å²) in [7, 11) is 2.14. The summed E-state index contributed by atoms with van der Waals surface area (Å²) in [5.74, 6) is 0.563. The Morgan fingerprint density at radius 3 is 2.97 bits per heavy atom. The highest BCUT2D eigenvalue weighted by molar-refractivity contribution is 7.18. The zero-order chi connectivity index (χ0) is 22.5. The maximum Gasteiger partial charge on any atom is 0.262 e. The third-order valence-corrected chi connectivity index (χ3v) is 8.74. The summed E-state index contributed by atoms with van der Waals surface area (Å²) in [6.07, 6.45) is 7.01. The SMILES string of the molecule is Cc1ccc2occ(C3CC[NH+](CCn4cnc5sc6c(c5c4=O)CCN(C)C6)CC3)c2c1. The molecule has 0 radical (unpaired) electrons. The van der Waals surface area contributed by atoms with E-state index in [0.29, 0.717) is 5.92 Å². The van der Waals surface area contributed by atoms with Crippen molar-refractivity contribution < 1.29 is 9.32 Å². The van der Waals surface area contributed by atoms with E-state index in [-0.39, 0.29) is 5.56 Å². The molecule has 7 heteroatoms. The number of quaternary nitrogens is 1. The molecule has 172 valence electrons. The van der Waals surface area contributed by atoms with Gasteiger partial charge in [-0.15, -0.1) is 11.3 Å². The minimum atomic E-state index is 0.150. The second-order valence-corrected chi connectivity index (χ2v) is 11.0. The number of piperidine rings is 1. The monoisotopic (exact) mass is 463 g/mol. The zero-order valence-electron chi connectivity index (χ0n) is 19.4. The van der Waals surface area contributed by atoms with Crippen LogP contribution < -0.4 is 10.5 Å². The summed E-state index contributed by atoms with van der Waals surface area (Å²) in [4.78, 5) is 24.1. The molecule has 1 fully saturated rings. The first kappa shape index (κ1) is 21.1. The molecule has 4 aromatic rings. The Labute approximate surface area is 197 Å². The first-order chi connectivity index (χ1) is 16.1. The van der Waals surface area contributed by atoms with Gasteiger partial charge in [-0.25, -0.2) is 4.98 Å². The molecule has 0 aliphatic carbocycles. The van der Waals surface area contributed by atoms with Crippen LogP contribution in [0.4, 0.5) is 0 Å². The van der Waals surface area contributed by atoms with Gasteiger partial charge in [-0.1, -0.05) is 11.6 Å². The predicted molar refractivity (Wildman–Crippen MR) is 132 cm³/mol. The number of thiophene rings is 1. The quantitative estimate of drug-likeness (QED) is 0.506. The number of nitrogens with one attached hydrogen (secondary N) is 1. The Kier molecular flexibility index (Phi) is 5.35. The largest absolute Gasteiger partial charge is 0.464 e. The summed E-state index contributed by atoms with van der Waals surface area (Å²) >= 11 is 1.69. The number of furan rings is 1. The van der Waals surface area contributed by atoms with Crippen LogP contribution in [0.2, 0.25) is 0 Å². The molecule has 1 N–H and O–H groups in total. The van der Waals surface area contributed by atoms with Crippen molar-refractivity contribution in [2.24, 2.45) is 0 Å². The van der Waals surface area contributed by atoms with Gasteiger partial charge in [0.15, 0.2) is 0 Å². The topological polar surface area (TPSA) is 55.7 Å². The number of aromatic nitrogens is 2. The lowest BCUT2D eigenvalue weighted by Gasteiger charge is -2.29. The van der Waals surface area contributed by atoms with Crippen molar-refractivity contribution in [2.75, 3.05) is 33.2 Å². The molecule has 0 saturated carbocycles.